The van der Waals surface area contributed by atoms with Crippen molar-refractivity contribution in [3.05, 3.63) is 35.9 Å². The van der Waals surface area contributed by atoms with Crippen molar-refractivity contribution in [1.82, 2.24) is 4.90 Å². The first-order chi connectivity index (χ1) is 10.8. The molecule has 0 spiro atoms. The number of nitrogens with zero attached hydrogens (tertiary/aromatic N) is 1. The number of hydrogen-bond donors (Lipinski definition) is 1. The van der Waals surface area contributed by atoms with E-state index in [1.807, 2.05) is 18.2 Å². The summed E-state index contributed by atoms with van der Waals surface area (Å²) in [4.78, 5) is 14.0. The van der Waals surface area contributed by atoms with Gasteiger partial charge in [0.1, 0.15) is 0 Å². The van der Waals surface area contributed by atoms with E-state index in [0.29, 0.717) is 12.5 Å². The molecule has 1 saturated heterocycles. The van der Waals surface area contributed by atoms with Gasteiger partial charge >= 0.3 is 5.97 Å². The molecule has 4 heteroatoms. The number of hydrogen-bond acceptors (Lipinski definition) is 4. The number of aliphatic hydroxyl groups excluding tert-OH is 1. The number of carbonyl (C=O) groups is 1. The summed E-state index contributed by atoms with van der Waals surface area (Å²) in [5.74, 6) is 0.604. The van der Waals surface area contributed by atoms with Crippen molar-refractivity contribution in [3.8, 4) is 0 Å². The van der Waals surface area contributed by atoms with E-state index in [0.717, 1.165) is 25.9 Å². The summed E-state index contributed by atoms with van der Waals surface area (Å²) in [6, 6.07) is 10.6. The van der Waals surface area contributed by atoms with Crippen molar-refractivity contribution in [2.45, 2.75) is 38.3 Å². The molecular weight excluding hydrogens is 278 g/mol. The predicted molar refractivity (Wildman–Crippen MR) is 84.1 cm³/mol. The molecule has 0 amide bonds. The molecule has 1 N–H and O–H groups in total. The van der Waals surface area contributed by atoms with Crippen molar-refractivity contribution in [2.75, 3.05) is 19.8 Å². The van der Waals surface area contributed by atoms with Crippen molar-refractivity contribution in [1.29, 1.82) is 0 Å². The summed E-state index contributed by atoms with van der Waals surface area (Å²) < 4.78 is 5.06. The number of benzene rings is 1. The Morgan fingerprint density at radius 3 is 2.59 bits per heavy atom. The molecule has 1 heterocycles. The van der Waals surface area contributed by atoms with Gasteiger partial charge in [0.15, 0.2) is 0 Å². The minimum absolute atomic E-state index is 0.0387. The first-order valence-electron chi connectivity index (χ1n) is 8.33. The van der Waals surface area contributed by atoms with Crippen molar-refractivity contribution >= 4 is 5.97 Å². The third-order valence-electron chi connectivity index (χ3n) is 4.86. The molecule has 1 aromatic carbocycles. The number of esters is 1. The molecule has 2 aliphatic rings. The maximum atomic E-state index is 11.6. The molecule has 1 aliphatic carbocycles. The van der Waals surface area contributed by atoms with Crippen LogP contribution >= 0.6 is 0 Å². The van der Waals surface area contributed by atoms with E-state index in [9.17, 15) is 9.90 Å². The van der Waals surface area contributed by atoms with Crippen LogP contribution in [0, 0.1) is 11.8 Å². The largest absolute Gasteiger partial charge is 0.465 e. The van der Waals surface area contributed by atoms with Gasteiger partial charge in [0.2, 0.25) is 0 Å². The van der Waals surface area contributed by atoms with Crippen LogP contribution in [0.4, 0.5) is 0 Å². The fourth-order valence-corrected chi connectivity index (χ4v) is 3.35. The van der Waals surface area contributed by atoms with Crippen LogP contribution in [0.25, 0.3) is 0 Å². The van der Waals surface area contributed by atoms with Gasteiger partial charge in [0.25, 0.3) is 0 Å². The SMILES string of the molecule is O=C1OCCC1CCN(Cc1ccccc1)C(CO)C1CC1. The van der Waals surface area contributed by atoms with E-state index < -0.39 is 0 Å². The monoisotopic (exact) mass is 303 g/mol. The normalized spacial score (nSPS) is 22.8. The van der Waals surface area contributed by atoms with E-state index in [-0.39, 0.29) is 24.5 Å². The van der Waals surface area contributed by atoms with Crippen LogP contribution in [-0.4, -0.2) is 41.8 Å². The smallest absolute Gasteiger partial charge is 0.309 e. The lowest BCUT2D eigenvalue weighted by atomic mass is 10.0. The minimum Gasteiger partial charge on any atom is -0.465 e. The molecule has 1 saturated carbocycles. The Bertz CT molecular complexity index is 486. The fourth-order valence-electron chi connectivity index (χ4n) is 3.35. The van der Waals surface area contributed by atoms with Crippen molar-refractivity contribution < 1.29 is 14.6 Å². The van der Waals surface area contributed by atoms with Gasteiger partial charge in [0.05, 0.1) is 19.1 Å². The second-order valence-corrected chi connectivity index (χ2v) is 6.49. The highest BCUT2D eigenvalue weighted by Crippen LogP contribution is 2.36. The lowest BCUT2D eigenvalue weighted by Gasteiger charge is -2.31. The summed E-state index contributed by atoms with van der Waals surface area (Å²) in [6.07, 6.45) is 4.09. The second kappa shape index (κ2) is 7.25. The molecular formula is C18H25NO3. The molecule has 22 heavy (non-hydrogen) atoms. The van der Waals surface area contributed by atoms with Gasteiger partial charge in [-0.15, -0.1) is 0 Å². The molecule has 1 aromatic rings. The topological polar surface area (TPSA) is 49.8 Å². The molecule has 2 atom stereocenters. The maximum absolute atomic E-state index is 11.6. The zero-order valence-corrected chi connectivity index (χ0v) is 13.0. The number of ether oxygens (including phenoxy) is 1. The van der Waals surface area contributed by atoms with Gasteiger partial charge in [-0.1, -0.05) is 30.3 Å². The average Bonchev–Trinajstić information content (AvgIpc) is 3.29. The summed E-state index contributed by atoms with van der Waals surface area (Å²) in [5, 5.41) is 9.80. The first-order valence-corrected chi connectivity index (χ1v) is 8.33. The van der Waals surface area contributed by atoms with Crippen LogP contribution in [0.3, 0.4) is 0 Å². The Morgan fingerprint density at radius 2 is 2.00 bits per heavy atom. The van der Waals surface area contributed by atoms with E-state index in [1.165, 1.54) is 18.4 Å². The van der Waals surface area contributed by atoms with Crippen LogP contribution in [0.5, 0.6) is 0 Å². The van der Waals surface area contributed by atoms with Gasteiger partial charge in [-0.05, 0) is 43.7 Å². The van der Waals surface area contributed by atoms with Gasteiger partial charge < -0.3 is 9.84 Å². The van der Waals surface area contributed by atoms with Crippen molar-refractivity contribution in [3.63, 3.8) is 0 Å². The van der Waals surface area contributed by atoms with Crippen LogP contribution in [0.15, 0.2) is 30.3 Å². The third kappa shape index (κ3) is 3.87. The fraction of sp³-hybridized carbons (Fsp3) is 0.611. The first kappa shape index (κ1) is 15.5. The van der Waals surface area contributed by atoms with Crippen LogP contribution in [0.2, 0.25) is 0 Å². The highest BCUT2D eigenvalue weighted by atomic mass is 16.5. The number of carbonyl (C=O) groups excluding carboxylic acids is 1. The number of cyclic esters (lactones) is 1. The van der Waals surface area contributed by atoms with Gasteiger partial charge in [0, 0.05) is 12.6 Å². The highest BCUT2D eigenvalue weighted by molar-refractivity contribution is 5.74. The molecule has 3 rings (SSSR count). The molecule has 0 aromatic heterocycles. The molecule has 1 aliphatic heterocycles. The number of aliphatic hydroxyl groups is 1. The Hall–Kier alpha value is -1.39. The number of rotatable bonds is 8. The molecule has 2 unspecified atom stereocenters. The van der Waals surface area contributed by atoms with Gasteiger partial charge in [-0.25, -0.2) is 0 Å². The standard InChI is InChI=1S/C18H25NO3/c20-13-17(15-6-7-15)19(12-14-4-2-1-3-5-14)10-8-16-9-11-22-18(16)21/h1-5,15-17,20H,6-13H2. The van der Waals surface area contributed by atoms with Gasteiger partial charge in [-0.3, -0.25) is 9.69 Å². The Morgan fingerprint density at radius 1 is 1.23 bits per heavy atom. The van der Waals surface area contributed by atoms with Gasteiger partial charge in [-0.2, -0.15) is 0 Å². The third-order valence-corrected chi connectivity index (χ3v) is 4.86. The van der Waals surface area contributed by atoms with Crippen LogP contribution in [0.1, 0.15) is 31.2 Å². The Labute approximate surface area is 132 Å². The average molecular weight is 303 g/mol. The molecule has 2 fully saturated rings. The Kier molecular flexibility index (Phi) is 5.11. The van der Waals surface area contributed by atoms with E-state index >= 15 is 0 Å². The lowest BCUT2D eigenvalue weighted by Crippen LogP contribution is -2.40. The van der Waals surface area contributed by atoms with E-state index in [1.54, 1.807) is 0 Å². The molecule has 4 nitrogen and oxygen atoms in total. The quantitative estimate of drug-likeness (QED) is 0.748. The van der Waals surface area contributed by atoms with E-state index in [4.69, 9.17) is 4.74 Å². The van der Waals surface area contributed by atoms with Crippen molar-refractivity contribution in [2.24, 2.45) is 11.8 Å². The van der Waals surface area contributed by atoms with Crippen LogP contribution < -0.4 is 0 Å². The van der Waals surface area contributed by atoms with Crippen LogP contribution in [-0.2, 0) is 16.1 Å². The lowest BCUT2D eigenvalue weighted by molar-refractivity contribution is -0.141. The molecule has 120 valence electrons. The highest BCUT2D eigenvalue weighted by Gasteiger charge is 2.35. The van der Waals surface area contributed by atoms with E-state index in [2.05, 4.69) is 17.0 Å². The zero-order valence-electron chi connectivity index (χ0n) is 13.0. The minimum atomic E-state index is -0.0494. The predicted octanol–water partition coefficient (Wildman–Crippen LogP) is 2.21. The summed E-state index contributed by atoms with van der Waals surface area (Å²) >= 11 is 0. The zero-order chi connectivity index (χ0) is 15.4. The molecule has 0 radical (unpaired) electrons. The Balaban J connectivity index is 1.63. The molecule has 0 bridgehead atoms. The summed E-state index contributed by atoms with van der Waals surface area (Å²) in [5.41, 5.74) is 1.26. The second-order valence-electron chi connectivity index (χ2n) is 6.49. The summed E-state index contributed by atoms with van der Waals surface area (Å²) in [7, 11) is 0. The summed E-state index contributed by atoms with van der Waals surface area (Å²) in [6.45, 7) is 2.45. The maximum Gasteiger partial charge on any atom is 0.309 e.